The molecule has 1 saturated heterocycles. The fourth-order valence-corrected chi connectivity index (χ4v) is 3.04. The standard InChI is InChI=1S/C17H29N3/c1-4-15(3)19-9-11-20(12-10-19)17-6-5-14(2)13-16(17)7-8-18/h5-6,13,15H,4,7-12,18H2,1-3H3. The molecule has 0 spiro atoms. The van der Waals surface area contributed by atoms with E-state index in [1.807, 2.05) is 0 Å². The van der Waals surface area contributed by atoms with Gasteiger partial charge in [0.15, 0.2) is 0 Å². The number of hydrogen-bond donors (Lipinski definition) is 1. The molecule has 0 radical (unpaired) electrons. The van der Waals surface area contributed by atoms with Gasteiger partial charge in [0.2, 0.25) is 0 Å². The Morgan fingerprint density at radius 2 is 1.90 bits per heavy atom. The van der Waals surface area contributed by atoms with E-state index in [4.69, 9.17) is 5.73 Å². The van der Waals surface area contributed by atoms with Gasteiger partial charge in [-0.2, -0.15) is 0 Å². The highest BCUT2D eigenvalue weighted by atomic mass is 15.3. The summed E-state index contributed by atoms with van der Waals surface area (Å²) in [4.78, 5) is 5.14. The monoisotopic (exact) mass is 275 g/mol. The highest BCUT2D eigenvalue weighted by Crippen LogP contribution is 2.24. The second kappa shape index (κ2) is 7.09. The van der Waals surface area contributed by atoms with Crippen LogP contribution in [0.2, 0.25) is 0 Å². The topological polar surface area (TPSA) is 32.5 Å². The molecule has 0 saturated carbocycles. The van der Waals surface area contributed by atoms with Gasteiger partial charge in [-0.15, -0.1) is 0 Å². The molecule has 2 N–H and O–H groups in total. The summed E-state index contributed by atoms with van der Waals surface area (Å²) in [6.45, 7) is 12.1. The Balaban J connectivity index is 2.06. The molecule has 0 aliphatic carbocycles. The maximum Gasteiger partial charge on any atom is 0.0400 e. The molecular weight excluding hydrogens is 246 g/mol. The van der Waals surface area contributed by atoms with Crippen molar-refractivity contribution >= 4 is 5.69 Å². The molecule has 1 aromatic carbocycles. The lowest BCUT2D eigenvalue weighted by Crippen LogP contribution is -2.49. The van der Waals surface area contributed by atoms with Crippen LogP contribution in [-0.2, 0) is 6.42 Å². The first-order valence-corrected chi connectivity index (χ1v) is 7.94. The molecule has 1 fully saturated rings. The van der Waals surface area contributed by atoms with Gasteiger partial charge in [-0.05, 0) is 44.9 Å². The van der Waals surface area contributed by atoms with Crippen LogP contribution in [0.1, 0.15) is 31.4 Å². The first-order chi connectivity index (χ1) is 9.65. The van der Waals surface area contributed by atoms with E-state index in [0.717, 1.165) is 26.1 Å². The smallest absolute Gasteiger partial charge is 0.0400 e. The molecule has 2 rings (SSSR count). The predicted molar refractivity (Wildman–Crippen MR) is 87.5 cm³/mol. The van der Waals surface area contributed by atoms with E-state index in [9.17, 15) is 0 Å². The fourth-order valence-electron chi connectivity index (χ4n) is 3.04. The normalized spacial score (nSPS) is 18.3. The van der Waals surface area contributed by atoms with Gasteiger partial charge in [-0.25, -0.2) is 0 Å². The molecule has 0 aromatic heterocycles. The summed E-state index contributed by atoms with van der Waals surface area (Å²) >= 11 is 0. The summed E-state index contributed by atoms with van der Waals surface area (Å²) in [5, 5.41) is 0. The minimum Gasteiger partial charge on any atom is -0.369 e. The lowest BCUT2D eigenvalue weighted by atomic mass is 10.0. The van der Waals surface area contributed by atoms with Gasteiger partial charge in [-0.1, -0.05) is 24.6 Å². The van der Waals surface area contributed by atoms with Crippen LogP contribution in [0.5, 0.6) is 0 Å². The number of nitrogens with two attached hydrogens (primary N) is 1. The zero-order chi connectivity index (χ0) is 14.5. The minimum absolute atomic E-state index is 0.707. The maximum atomic E-state index is 5.76. The van der Waals surface area contributed by atoms with Crippen molar-refractivity contribution in [3.8, 4) is 0 Å². The molecule has 1 heterocycles. The van der Waals surface area contributed by atoms with Crippen molar-refractivity contribution in [3.63, 3.8) is 0 Å². The molecule has 0 amide bonds. The van der Waals surface area contributed by atoms with E-state index in [0.29, 0.717) is 6.04 Å². The van der Waals surface area contributed by atoms with Crippen LogP contribution in [0.15, 0.2) is 18.2 Å². The molecule has 1 unspecified atom stereocenters. The van der Waals surface area contributed by atoms with Gasteiger partial charge < -0.3 is 10.6 Å². The molecular formula is C17H29N3. The van der Waals surface area contributed by atoms with Gasteiger partial charge in [0.1, 0.15) is 0 Å². The van der Waals surface area contributed by atoms with Crippen LogP contribution >= 0.6 is 0 Å². The van der Waals surface area contributed by atoms with Gasteiger partial charge in [-0.3, -0.25) is 4.90 Å². The van der Waals surface area contributed by atoms with Gasteiger partial charge in [0.05, 0.1) is 0 Å². The van der Waals surface area contributed by atoms with Gasteiger partial charge in [0, 0.05) is 37.9 Å². The Labute approximate surface area is 123 Å². The predicted octanol–water partition coefficient (Wildman–Crippen LogP) is 2.42. The summed E-state index contributed by atoms with van der Waals surface area (Å²) in [7, 11) is 0. The summed E-state index contributed by atoms with van der Waals surface area (Å²) < 4.78 is 0. The Hall–Kier alpha value is -1.06. The lowest BCUT2D eigenvalue weighted by molar-refractivity contribution is 0.192. The Bertz CT molecular complexity index is 422. The molecule has 3 nitrogen and oxygen atoms in total. The van der Waals surface area contributed by atoms with E-state index in [1.54, 1.807) is 0 Å². The Morgan fingerprint density at radius 3 is 2.50 bits per heavy atom. The second-order valence-electron chi connectivity index (χ2n) is 5.95. The van der Waals surface area contributed by atoms with E-state index < -0.39 is 0 Å². The SMILES string of the molecule is CCC(C)N1CCN(c2ccc(C)cc2CCN)CC1. The zero-order valence-electron chi connectivity index (χ0n) is 13.2. The van der Waals surface area contributed by atoms with Crippen molar-refractivity contribution in [2.75, 3.05) is 37.6 Å². The van der Waals surface area contributed by atoms with E-state index in [1.165, 1.54) is 36.3 Å². The van der Waals surface area contributed by atoms with Crippen molar-refractivity contribution in [1.29, 1.82) is 0 Å². The number of anilines is 1. The average molecular weight is 275 g/mol. The van der Waals surface area contributed by atoms with Crippen LogP contribution in [0.3, 0.4) is 0 Å². The number of piperazine rings is 1. The third-order valence-corrected chi connectivity index (χ3v) is 4.52. The molecule has 20 heavy (non-hydrogen) atoms. The second-order valence-corrected chi connectivity index (χ2v) is 5.95. The first kappa shape index (κ1) is 15.3. The third-order valence-electron chi connectivity index (χ3n) is 4.52. The highest BCUT2D eigenvalue weighted by molar-refractivity contribution is 5.55. The summed E-state index contributed by atoms with van der Waals surface area (Å²) in [5.74, 6) is 0. The van der Waals surface area contributed by atoms with Crippen molar-refractivity contribution < 1.29 is 0 Å². The molecule has 1 aromatic rings. The lowest BCUT2D eigenvalue weighted by Gasteiger charge is -2.39. The zero-order valence-corrected chi connectivity index (χ0v) is 13.2. The van der Waals surface area contributed by atoms with Crippen molar-refractivity contribution in [2.24, 2.45) is 5.73 Å². The molecule has 1 aliphatic heterocycles. The van der Waals surface area contributed by atoms with Crippen molar-refractivity contribution in [2.45, 2.75) is 39.7 Å². The average Bonchev–Trinajstić information content (AvgIpc) is 2.47. The Kier molecular flexibility index (Phi) is 5.44. The Morgan fingerprint density at radius 1 is 1.20 bits per heavy atom. The van der Waals surface area contributed by atoms with Crippen LogP contribution < -0.4 is 10.6 Å². The number of rotatable bonds is 5. The fraction of sp³-hybridized carbons (Fsp3) is 0.647. The summed E-state index contributed by atoms with van der Waals surface area (Å²) in [6.07, 6.45) is 2.21. The van der Waals surface area contributed by atoms with Gasteiger partial charge in [0.25, 0.3) is 0 Å². The van der Waals surface area contributed by atoms with Gasteiger partial charge >= 0.3 is 0 Å². The molecule has 112 valence electrons. The van der Waals surface area contributed by atoms with Crippen LogP contribution in [0.4, 0.5) is 5.69 Å². The molecule has 0 bridgehead atoms. The van der Waals surface area contributed by atoms with Crippen LogP contribution in [0.25, 0.3) is 0 Å². The van der Waals surface area contributed by atoms with E-state index >= 15 is 0 Å². The summed E-state index contributed by atoms with van der Waals surface area (Å²) in [5.41, 5.74) is 9.89. The van der Waals surface area contributed by atoms with E-state index in [-0.39, 0.29) is 0 Å². The maximum absolute atomic E-state index is 5.76. The molecule has 1 aliphatic rings. The van der Waals surface area contributed by atoms with Crippen molar-refractivity contribution in [1.82, 2.24) is 4.90 Å². The molecule has 3 heteroatoms. The molecule has 1 atom stereocenters. The number of benzene rings is 1. The first-order valence-electron chi connectivity index (χ1n) is 7.94. The highest BCUT2D eigenvalue weighted by Gasteiger charge is 2.21. The van der Waals surface area contributed by atoms with Crippen LogP contribution in [0, 0.1) is 6.92 Å². The third kappa shape index (κ3) is 3.53. The van der Waals surface area contributed by atoms with Crippen LogP contribution in [-0.4, -0.2) is 43.7 Å². The number of aryl methyl sites for hydroxylation is 1. The van der Waals surface area contributed by atoms with E-state index in [2.05, 4.69) is 48.8 Å². The summed E-state index contributed by atoms with van der Waals surface area (Å²) in [6, 6.07) is 7.50. The largest absolute Gasteiger partial charge is 0.369 e. The van der Waals surface area contributed by atoms with Crippen molar-refractivity contribution in [3.05, 3.63) is 29.3 Å². The minimum atomic E-state index is 0.707. The number of hydrogen-bond acceptors (Lipinski definition) is 3. The number of nitrogens with zero attached hydrogens (tertiary/aromatic N) is 2. The quantitative estimate of drug-likeness (QED) is 0.896.